The average Bonchev–Trinajstić information content (AvgIpc) is 3.42. The fourth-order valence-corrected chi connectivity index (χ4v) is 5.53. The Kier molecular flexibility index (Phi) is 9.45. The predicted octanol–water partition coefficient (Wildman–Crippen LogP) is 7.06. The highest BCUT2D eigenvalue weighted by atomic mass is 32.1. The first-order valence-corrected chi connectivity index (χ1v) is 14.2. The van der Waals surface area contributed by atoms with Crippen LogP contribution in [-0.2, 0) is 0 Å². The van der Waals surface area contributed by atoms with Gasteiger partial charge >= 0.3 is 6.36 Å². The molecule has 1 aliphatic heterocycles. The van der Waals surface area contributed by atoms with E-state index in [0.717, 1.165) is 49.0 Å². The number of thiazole rings is 1. The monoisotopic (exact) mass is 576 g/mol. The van der Waals surface area contributed by atoms with Crippen LogP contribution in [0.25, 0.3) is 11.1 Å². The van der Waals surface area contributed by atoms with Gasteiger partial charge in [0.1, 0.15) is 11.4 Å². The zero-order valence-corrected chi connectivity index (χ0v) is 23.4. The van der Waals surface area contributed by atoms with Crippen LogP contribution in [0.2, 0.25) is 0 Å². The summed E-state index contributed by atoms with van der Waals surface area (Å²) >= 11 is 7.05. The lowest BCUT2D eigenvalue weighted by Gasteiger charge is -2.33. The van der Waals surface area contributed by atoms with Crippen LogP contribution in [0.5, 0.6) is 5.75 Å². The molecule has 4 rings (SSSR count). The van der Waals surface area contributed by atoms with E-state index in [4.69, 9.17) is 12.2 Å². The van der Waals surface area contributed by atoms with Crippen LogP contribution in [-0.4, -0.2) is 46.9 Å². The Hall–Kier alpha value is -3.18. The topological polar surface area (TPSA) is 66.5 Å². The second kappa shape index (κ2) is 12.8. The lowest BCUT2D eigenvalue weighted by atomic mass is 9.98. The van der Waals surface area contributed by atoms with Crippen LogP contribution in [0.1, 0.15) is 54.5 Å². The number of nitrogens with zero attached hydrogens (tertiary/aromatic N) is 2. The predicted molar refractivity (Wildman–Crippen MR) is 152 cm³/mol. The molecule has 1 saturated heterocycles. The fraction of sp³-hybridized carbons (Fsp3) is 0.393. The van der Waals surface area contributed by atoms with Crippen molar-refractivity contribution >= 4 is 40.3 Å². The molecule has 0 saturated carbocycles. The van der Waals surface area contributed by atoms with E-state index < -0.39 is 6.36 Å². The number of anilines is 1. The van der Waals surface area contributed by atoms with Gasteiger partial charge in [0, 0.05) is 42.2 Å². The molecule has 0 radical (unpaired) electrons. The standard InChI is InChI=1S/C28H31F3N4O2S2/c1-3-18(2)16-32-27(38)35-14-12-20(13-15-35)26-34-24(17-39-26)25(36)33-23-7-5-4-6-22(23)19-8-10-21(11-9-19)37-28(29,30)31/h4-11,17-18,20H,3,12-16H2,1-2H3,(H,32,38)(H,33,36). The number of thiocarbonyl (C=S) groups is 1. The summed E-state index contributed by atoms with van der Waals surface area (Å²) in [4.78, 5) is 19.9. The van der Waals surface area contributed by atoms with Gasteiger partial charge < -0.3 is 20.3 Å². The summed E-state index contributed by atoms with van der Waals surface area (Å²) in [5.41, 5.74) is 2.19. The molecular weight excluding hydrogens is 545 g/mol. The normalized spacial score (nSPS) is 15.1. The van der Waals surface area contributed by atoms with E-state index in [0.29, 0.717) is 28.4 Å². The molecule has 1 aromatic heterocycles. The van der Waals surface area contributed by atoms with Gasteiger partial charge in [0.2, 0.25) is 0 Å². The average molecular weight is 577 g/mol. The summed E-state index contributed by atoms with van der Waals surface area (Å²) in [5.74, 6) is 0.202. The number of carbonyl (C=O) groups is 1. The highest BCUT2D eigenvalue weighted by Gasteiger charge is 2.31. The minimum Gasteiger partial charge on any atom is -0.406 e. The molecule has 2 aromatic carbocycles. The lowest BCUT2D eigenvalue weighted by molar-refractivity contribution is -0.274. The van der Waals surface area contributed by atoms with Gasteiger partial charge in [-0.3, -0.25) is 4.79 Å². The van der Waals surface area contributed by atoms with Crippen LogP contribution in [0.3, 0.4) is 0 Å². The summed E-state index contributed by atoms with van der Waals surface area (Å²) in [7, 11) is 0. The fourth-order valence-electron chi connectivity index (χ4n) is 4.29. The third kappa shape index (κ3) is 7.92. The van der Waals surface area contributed by atoms with E-state index in [1.807, 2.05) is 0 Å². The molecule has 1 amide bonds. The van der Waals surface area contributed by atoms with E-state index in [1.54, 1.807) is 29.6 Å². The summed E-state index contributed by atoms with van der Waals surface area (Å²) < 4.78 is 41.4. The number of benzene rings is 2. The second-order valence-corrected chi connectivity index (χ2v) is 10.9. The van der Waals surface area contributed by atoms with Crippen molar-refractivity contribution < 1.29 is 22.7 Å². The van der Waals surface area contributed by atoms with Crippen LogP contribution < -0.4 is 15.4 Å². The van der Waals surface area contributed by atoms with Crippen molar-refractivity contribution in [3.63, 3.8) is 0 Å². The van der Waals surface area contributed by atoms with Gasteiger partial charge in [0.15, 0.2) is 5.11 Å². The quantitative estimate of drug-likeness (QED) is 0.280. The number of likely N-dealkylation sites (tertiary alicyclic amines) is 1. The molecule has 6 nitrogen and oxygen atoms in total. The molecule has 2 heterocycles. The molecule has 1 unspecified atom stereocenters. The van der Waals surface area contributed by atoms with Crippen LogP contribution in [0.4, 0.5) is 18.9 Å². The largest absolute Gasteiger partial charge is 0.573 e. The number of ether oxygens (including phenoxy) is 1. The molecule has 0 spiro atoms. The van der Waals surface area contributed by atoms with Gasteiger partial charge in [-0.2, -0.15) is 0 Å². The molecular formula is C28H31F3N4O2S2. The van der Waals surface area contributed by atoms with Gasteiger partial charge in [0.05, 0.1) is 5.01 Å². The molecule has 0 aliphatic carbocycles. The van der Waals surface area contributed by atoms with Crippen LogP contribution in [0, 0.1) is 5.92 Å². The molecule has 3 aromatic rings. The number of carbonyl (C=O) groups excluding carboxylic acids is 1. The number of nitrogens with one attached hydrogen (secondary N) is 2. The number of alkyl halides is 3. The molecule has 208 valence electrons. The lowest BCUT2D eigenvalue weighted by Crippen LogP contribution is -2.45. The van der Waals surface area contributed by atoms with E-state index in [-0.39, 0.29) is 17.6 Å². The zero-order chi connectivity index (χ0) is 28.0. The summed E-state index contributed by atoms with van der Waals surface area (Å²) in [6.07, 6.45) is -1.82. The number of piperidine rings is 1. The highest BCUT2D eigenvalue weighted by Crippen LogP contribution is 2.33. The Morgan fingerprint density at radius 1 is 1.18 bits per heavy atom. The first-order chi connectivity index (χ1) is 18.6. The van der Waals surface area contributed by atoms with Crippen molar-refractivity contribution in [3.05, 3.63) is 64.6 Å². The Labute approximate surface area is 235 Å². The Morgan fingerprint density at radius 2 is 1.87 bits per heavy atom. The van der Waals surface area contributed by atoms with E-state index in [1.165, 1.54) is 35.6 Å². The number of aromatic nitrogens is 1. The van der Waals surface area contributed by atoms with Crippen LogP contribution >= 0.6 is 23.6 Å². The van der Waals surface area contributed by atoms with Crippen molar-refractivity contribution in [2.24, 2.45) is 5.92 Å². The van der Waals surface area contributed by atoms with Gasteiger partial charge in [-0.25, -0.2) is 4.98 Å². The highest BCUT2D eigenvalue weighted by molar-refractivity contribution is 7.80. The third-order valence-electron chi connectivity index (χ3n) is 6.76. The van der Waals surface area contributed by atoms with Gasteiger partial charge in [-0.15, -0.1) is 24.5 Å². The van der Waals surface area contributed by atoms with E-state index in [2.05, 4.69) is 39.1 Å². The van der Waals surface area contributed by atoms with Crippen molar-refractivity contribution in [1.82, 2.24) is 15.2 Å². The number of halogens is 3. The van der Waals surface area contributed by atoms with Crippen LogP contribution in [0.15, 0.2) is 53.9 Å². The van der Waals surface area contributed by atoms with Crippen molar-refractivity contribution in [1.29, 1.82) is 0 Å². The van der Waals surface area contributed by atoms with Crippen molar-refractivity contribution in [3.8, 4) is 16.9 Å². The maximum atomic E-state index is 13.1. The molecule has 11 heteroatoms. The molecule has 1 fully saturated rings. The third-order valence-corrected chi connectivity index (χ3v) is 8.17. The first-order valence-electron chi connectivity index (χ1n) is 12.9. The van der Waals surface area contributed by atoms with E-state index in [9.17, 15) is 18.0 Å². The summed E-state index contributed by atoms with van der Waals surface area (Å²) in [6.45, 7) is 6.93. The maximum Gasteiger partial charge on any atom is 0.573 e. The number of rotatable bonds is 8. The van der Waals surface area contributed by atoms with Gasteiger partial charge in [-0.1, -0.05) is 50.6 Å². The smallest absolute Gasteiger partial charge is 0.406 e. The summed E-state index contributed by atoms with van der Waals surface area (Å²) in [6, 6.07) is 12.6. The number of para-hydroxylation sites is 1. The Morgan fingerprint density at radius 3 is 2.54 bits per heavy atom. The number of hydrogen-bond donors (Lipinski definition) is 2. The van der Waals surface area contributed by atoms with E-state index >= 15 is 0 Å². The number of hydrogen-bond acceptors (Lipinski definition) is 5. The summed E-state index contributed by atoms with van der Waals surface area (Å²) in [5, 5.41) is 9.77. The van der Waals surface area contributed by atoms with Gasteiger partial charge in [-0.05, 0) is 54.7 Å². The van der Waals surface area contributed by atoms with Gasteiger partial charge in [0.25, 0.3) is 5.91 Å². The number of amides is 1. The molecule has 0 bridgehead atoms. The SMILES string of the molecule is CCC(C)CNC(=S)N1CCC(c2nc(C(=O)Nc3ccccc3-c3ccc(OC(F)(F)F)cc3)cs2)CC1. The molecule has 39 heavy (non-hydrogen) atoms. The Balaban J connectivity index is 1.36. The minimum absolute atomic E-state index is 0.273. The zero-order valence-electron chi connectivity index (χ0n) is 21.8. The van der Waals surface area contributed by atoms with Crippen molar-refractivity contribution in [2.45, 2.75) is 45.4 Å². The second-order valence-electron chi connectivity index (χ2n) is 9.60. The van der Waals surface area contributed by atoms with Crippen molar-refractivity contribution in [2.75, 3.05) is 25.0 Å². The first kappa shape index (κ1) is 28.8. The molecule has 1 aliphatic rings. The maximum absolute atomic E-state index is 13.1. The molecule has 2 N–H and O–H groups in total. The molecule has 1 atom stereocenters. The Bertz CT molecular complexity index is 1270. The minimum atomic E-state index is -4.76.